The average molecular weight is 322 g/mol. The van der Waals surface area contributed by atoms with Crippen LogP contribution in [0, 0.1) is 11.7 Å². The minimum absolute atomic E-state index is 0.00341. The number of amides is 2. The van der Waals surface area contributed by atoms with Gasteiger partial charge in [-0.2, -0.15) is 0 Å². The van der Waals surface area contributed by atoms with Crippen LogP contribution in [0.3, 0.4) is 0 Å². The van der Waals surface area contributed by atoms with Crippen molar-refractivity contribution in [1.82, 2.24) is 10.9 Å². The molecule has 1 aliphatic carbocycles. The lowest BCUT2D eigenvalue weighted by atomic mass is 9.87. The van der Waals surface area contributed by atoms with Crippen molar-refractivity contribution >= 4 is 11.8 Å². The molecule has 0 radical (unpaired) electrons. The largest absolute Gasteiger partial charge is 0.478 e. The fraction of sp³-hybridized carbons (Fsp3) is 0.529. The zero-order chi connectivity index (χ0) is 16.7. The van der Waals surface area contributed by atoms with Crippen LogP contribution in [0.1, 0.15) is 45.4 Å². The first-order valence-electron chi connectivity index (χ1n) is 8.06. The van der Waals surface area contributed by atoms with Crippen LogP contribution in [0.15, 0.2) is 24.3 Å². The number of hydrogen-bond donors (Lipinski definition) is 2. The number of carbonyl (C=O) groups excluding carboxylic acids is 2. The Kier molecular flexibility index (Phi) is 6.38. The smallest absolute Gasteiger partial charge is 0.279 e. The molecule has 1 atom stereocenters. The number of hydrazine groups is 1. The van der Waals surface area contributed by atoms with Crippen LogP contribution in [-0.4, -0.2) is 17.9 Å². The first kappa shape index (κ1) is 17.2. The summed E-state index contributed by atoms with van der Waals surface area (Å²) in [4.78, 5) is 23.7. The van der Waals surface area contributed by atoms with Crippen LogP contribution in [0.4, 0.5) is 4.39 Å². The molecule has 2 amide bonds. The molecule has 1 aromatic carbocycles. The summed E-state index contributed by atoms with van der Waals surface area (Å²) in [5.74, 6) is -0.863. The Morgan fingerprint density at radius 2 is 1.91 bits per heavy atom. The SMILES string of the molecule is CC(Oc1ccccc1F)C(=O)NNC(=O)CC1CCCCC1. The number of para-hydroxylation sites is 1. The highest BCUT2D eigenvalue weighted by Crippen LogP contribution is 2.25. The standard InChI is InChI=1S/C17H23FN2O3/c1-12(23-15-10-6-5-9-14(15)18)17(22)20-19-16(21)11-13-7-3-2-4-8-13/h5-6,9-10,12-13H,2-4,7-8,11H2,1H3,(H,19,21)(H,20,22). The third-order valence-corrected chi connectivity index (χ3v) is 4.03. The van der Waals surface area contributed by atoms with Gasteiger partial charge in [-0.15, -0.1) is 0 Å². The van der Waals surface area contributed by atoms with Gasteiger partial charge in [0.05, 0.1) is 0 Å². The molecule has 1 fully saturated rings. The molecule has 5 nitrogen and oxygen atoms in total. The molecule has 23 heavy (non-hydrogen) atoms. The average Bonchev–Trinajstić information content (AvgIpc) is 2.55. The summed E-state index contributed by atoms with van der Waals surface area (Å²) in [5, 5.41) is 0. The van der Waals surface area contributed by atoms with Crippen LogP contribution >= 0.6 is 0 Å². The summed E-state index contributed by atoms with van der Waals surface area (Å²) in [6.45, 7) is 1.50. The number of ether oxygens (including phenoxy) is 1. The van der Waals surface area contributed by atoms with Crippen LogP contribution in [0.25, 0.3) is 0 Å². The second-order valence-corrected chi connectivity index (χ2v) is 5.94. The van der Waals surface area contributed by atoms with Gasteiger partial charge >= 0.3 is 0 Å². The molecule has 1 aromatic rings. The van der Waals surface area contributed by atoms with E-state index >= 15 is 0 Å². The molecule has 1 unspecified atom stereocenters. The Balaban J connectivity index is 1.73. The predicted octanol–water partition coefficient (Wildman–Crippen LogP) is 2.71. The molecule has 6 heteroatoms. The number of hydrogen-bond acceptors (Lipinski definition) is 3. The molecular weight excluding hydrogens is 299 g/mol. The van der Waals surface area contributed by atoms with Gasteiger partial charge in [0, 0.05) is 6.42 Å². The van der Waals surface area contributed by atoms with Gasteiger partial charge in [0.25, 0.3) is 5.91 Å². The van der Waals surface area contributed by atoms with E-state index < -0.39 is 17.8 Å². The Bertz CT molecular complexity index is 544. The summed E-state index contributed by atoms with van der Waals surface area (Å²) < 4.78 is 18.7. The molecule has 2 rings (SSSR count). The highest BCUT2D eigenvalue weighted by molar-refractivity contribution is 5.84. The van der Waals surface area contributed by atoms with Crippen LogP contribution in [-0.2, 0) is 9.59 Å². The van der Waals surface area contributed by atoms with E-state index in [1.165, 1.54) is 25.5 Å². The van der Waals surface area contributed by atoms with Crippen LogP contribution in [0.2, 0.25) is 0 Å². The van der Waals surface area contributed by atoms with Crippen LogP contribution in [0.5, 0.6) is 5.75 Å². The molecular formula is C17H23FN2O3. The van der Waals surface area contributed by atoms with E-state index in [1.54, 1.807) is 12.1 Å². The second-order valence-electron chi connectivity index (χ2n) is 5.94. The van der Waals surface area contributed by atoms with E-state index in [1.807, 2.05) is 0 Å². The summed E-state index contributed by atoms with van der Waals surface area (Å²) in [7, 11) is 0. The lowest BCUT2D eigenvalue weighted by Gasteiger charge is -2.21. The third kappa shape index (κ3) is 5.54. The topological polar surface area (TPSA) is 67.4 Å². The van der Waals surface area contributed by atoms with Gasteiger partial charge in [-0.05, 0) is 37.8 Å². The first-order valence-corrected chi connectivity index (χ1v) is 8.06. The van der Waals surface area contributed by atoms with Gasteiger partial charge in [0.1, 0.15) is 0 Å². The van der Waals surface area contributed by atoms with Gasteiger partial charge in [0.15, 0.2) is 17.7 Å². The number of nitrogens with one attached hydrogen (secondary N) is 2. The van der Waals surface area contributed by atoms with Gasteiger partial charge in [-0.3, -0.25) is 20.4 Å². The van der Waals surface area contributed by atoms with Crippen LogP contribution < -0.4 is 15.6 Å². The van der Waals surface area contributed by atoms with Gasteiger partial charge in [-0.25, -0.2) is 4.39 Å². The van der Waals surface area contributed by atoms with E-state index in [0.717, 1.165) is 25.7 Å². The maximum absolute atomic E-state index is 13.5. The monoisotopic (exact) mass is 322 g/mol. The summed E-state index contributed by atoms with van der Waals surface area (Å²) >= 11 is 0. The van der Waals surface area contributed by atoms with Gasteiger partial charge in [-0.1, -0.05) is 31.4 Å². The van der Waals surface area contributed by atoms with Gasteiger partial charge in [0.2, 0.25) is 5.91 Å². The highest BCUT2D eigenvalue weighted by atomic mass is 19.1. The summed E-state index contributed by atoms with van der Waals surface area (Å²) in [5.41, 5.74) is 4.72. The minimum Gasteiger partial charge on any atom is -0.478 e. The van der Waals surface area contributed by atoms with E-state index in [0.29, 0.717) is 12.3 Å². The molecule has 0 spiro atoms. The van der Waals surface area contributed by atoms with E-state index in [-0.39, 0.29) is 11.7 Å². The number of carbonyl (C=O) groups is 2. The lowest BCUT2D eigenvalue weighted by Crippen LogP contribution is -2.47. The van der Waals surface area contributed by atoms with Crippen molar-refractivity contribution in [2.24, 2.45) is 5.92 Å². The Morgan fingerprint density at radius 1 is 1.22 bits per heavy atom. The summed E-state index contributed by atoms with van der Waals surface area (Å²) in [6, 6.07) is 5.86. The highest BCUT2D eigenvalue weighted by Gasteiger charge is 2.19. The molecule has 0 saturated heterocycles. The van der Waals surface area contributed by atoms with Crippen molar-refractivity contribution in [3.8, 4) is 5.75 Å². The molecule has 0 heterocycles. The fourth-order valence-electron chi connectivity index (χ4n) is 2.72. The lowest BCUT2D eigenvalue weighted by molar-refractivity contribution is -0.133. The number of halogens is 1. The van der Waals surface area contributed by atoms with Crippen molar-refractivity contribution in [2.75, 3.05) is 0 Å². The number of rotatable bonds is 5. The minimum atomic E-state index is -0.915. The molecule has 1 saturated carbocycles. The Hall–Kier alpha value is -2.11. The second kappa shape index (κ2) is 8.50. The van der Waals surface area contributed by atoms with Crippen molar-refractivity contribution in [1.29, 1.82) is 0 Å². The van der Waals surface area contributed by atoms with Crippen molar-refractivity contribution in [3.05, 3.63) is 30.1 Å². The van der Waals surface area contributed by atoms with E-state index in [4.69, 9.17) is 4.74 Å². The van der Waals surface area contributed by atoms with Crippen molar-refractivity contribution in [2.45, 2.75) is 51.6 Å². The van der Waals surface area contributed by atoms with Crippen molar-refractivity contribution in [3.63, 3.8) is 0 Å². The molecule has 2 N–H and O–H groups in total. The maximum atomic E-state index is 13.5. The molecule has 0 bridgehead atoms. The molecule has 126 valence electrons. The Labute approximate surface area is 135 Å². The molecule has 0 aliphatic heterocycles. The predicted molar refractivity (Wildman–Crippen MR) is 84.0 cm³/mol. The molecule has 0 aromatic heterocycles. The normalized spacial score (nSPS) is 16.4. The number of benzene rings is 1. The first-order chi connectivity index (χ1) is 11.1. The van der Waals surface area contributed by atoms with E-state index in [2.05, 4.69) is 10.9 Å². The zero-order valence-corrected chi connectivity index (χ0v) is 13.3. The summed E-state index contributed by atoms with van der Waals surface area (Å²) in [6.07, 6.45) is 5.20. The fourth-order valence-corrected chi connectivity index (χ4v) is 2.72. The quantitative estimate of drug-likeness (QED) is 0.819. The van der Waals surface area contributed by atoms with Gasteiger partial charge < -0.3 is 4.74 Å². The van der Waals surface area contributed by atoms with Crippen molar-refractivity contribution < 1.29 is 18.7 Å². The third-order valence-electron chi connectivity index (χ3n) is 4.03. The Morgan fingerprint density at radius 3 is 2.61 bits per heavy atom. The maximum Gasteiger partial charge on any atom is 0.279 e. The van der Waals surface area contributed by atoms with E-state index in [9.17, 15) is 14.0 Å². The zero-order valence-electron chi connectivity index (χ0n) is 13.3. The molecule has 1 aliphatic rings.